The maximum Gasteiger partial charge on any atom is 0.229 e. The lowest BCUT2D eigenvalue weighted by Crippen LogP contribution is -2.44. The van der Waals surface area contributed by atoms with Crippen molar-refractivity contribution in [2.45, 2.75) is 0 Å². The number of anilines is 5. The molecule has 2 N–H and O–H groups in total. The average molecular weight is 425 g/mol. The van der Waals surface area contributed by atoms with E-state index in [0.29, 0.717) is 22.5 Å². The molecule has 2 aromatic carbocycles. The number of ether oxygens (including phenoxy) is 1. The van der Waals surface area contributed by atoms with Crippen molar-refractivity contribution in [2.75, 3.05) is 55.9 Å². The van der Waals surface area contributed by atoms with Gasteiger partial charge in [0.1, 0.15) is 11.6 Å². The van der Waals surface area contributed by atoms with Crippen LogP contribution in [0, 0.1) is 0 Å². The molecule has 8 heteroatoms. The highest BCUT2D eigenvalue weighted by atomic mass is 35.5. The van der Waals surface area contributed by atoms with E-state index in [1.54, 1.807) is 19.4 Å². The van der Waals surface area contributed by atoms with Crippen LogP contribution < -0.4 is 20.3 Å². The Morgan fingerprint density at radius 3 is 2.40 bits per heavy atom. The van der Waals surface area contributed by atoms with Crippen LogP contribution in [-0.2, 0) is 0 Å². The maximum absolute atomic E-state index is 6.09. The molecule has 1 aromatic heterocycles. The first-order valence-electron chi connectivity index (χ1n) is 9.85. The smallest absolute Gasteiger partial charge is 0.229 e. The molecule has 0 unspecified atom stereocenters. The van der Waals surface area contributed by atoms with Gasteiger partial charge in [0.15, 0.2) is 0 Å². The zero-order valence-electron chi connectivity index (χ0n) is 17.1. The summed E-state index contributed by atoms with van der Waals surface area (Å²) in [7, 11) is 3.75. The average Bonchev–Trinajstić information content (AvgIpc) is 2.76. The van der Waals surface area contributed by atoms with Crippen molar-refractivity contribution in [3.8, 4) is 5.75 Å². The van der Waals surface area contributed by atoms with E-state index in [1.807, 2.05) is 18.2 Å². The van der Waals surface area contributed by atoms with Crippen LogP contribution in [0.25, 0.3) is 0 Å². The van der Waals surface area contributed by atoms with E-state index in [9.17, 15) is 0 Å². The van der Waals surface area contributed by atoms with Crippen molar-refractivity contribution in [1.82, 2.24) is 14.9 Å². The predicted molar refractivity (Wildman–Crippen MR) is 123 cm³/mol. The lowest BCUT2D eigenvalue weighted by atomic mass is 10.2. The summed E-state index contributed by atoms with van der Waals surface area (Å²) in [6, 6.07) is 15.7. The van der Waals surface area contributed by atoms with Gasteiger partial charge in [0.05, 0.1) is 12.1 Å². The van der Waals surface area contributed by atoms with Crippen molar-refractivity contribution in [1.29, 1.82) is 0 Å². The molecule has 0 atom stereocenters. The van der Waals surface area contributed by atoms with Gasteiger partial charge in [-0.15, -0.1) is 0 Å². The summed E-state index contributed by atoms with van der Waals surface area (Å²) in [4.78, 5) is 13.6. The molecule has 7 nitrogen and oxygen atoms in total. The molecule has 1 aliphatic heterocycles. The second-order valence-electron chi connectivity index (χ2n) is 7.20. The normalized spacial score (nSPS) is 14.4. The van der Waals surface area contributed by atoms with Gasteiger partial charge in [-0.3, -0.25) is 0 Å². The molecule has 30 heavy (non-hydrogen) atoms. The quantitative estimate of drug-likeness (QED) is 0.608. The van der Waals surface area contributed by atoms with Gasteiger partial charge >= 0.3 is 0 Å². The summed E-state index contributed by atoms with van der Waals surface area (Å²) in [6.45, 7) is 4.28. The standard InChI is InChI=1S/C22H25ClN6O/c1-28-11-13-29(14-12-28)18-6-3-16(4-7-18)26-22-24-10-9-21(27-22)25-17-5-8-19(23)20(15-17)30-2/h3-10,15H,11-14H2,1-2H3,(H2,24,25,26,27). The van der Waals surface area contributed by atoms with Gasteiger partial charge in [-0.1, -0.05) is 11.6 Å². The van der Waals surface area contributed by atoms with Gasteiger partial charge < -0.3 is 25.2 Å². The third-order valence-corrected chi connectivity index (χ3v) is 5.38. The number of methoxy groups -OCH3 is 1. The van der Waals surface area contributed by atoms with Gasteiger partial charge in [0, 0.05) is 55.5 Å². The van der Waals surface area contributed by atoms with Crippen LogP contribution in [0.5, 0.6) is 5.75 Å². The van der Waals surface area contributed by atoms with Crippen molar-refractivity contribution in [3.63, 3.8) is 0 Å². The number of piperazine rings is 1. The maximum atomic E-state index is 6.09. The lowest BCUT2D eigenvalue weighted by molar-refractivity contribution is 0.313. The minimum atomic E-state index is 0.522. The third-order valence-electron chi connectivity index (χ3n) is 5.07. The number of nitrogens with one attached hydrogen (secondary N) is 2. The van der Waals surface area contributed by atoms with Gasteiger partial charge in [0.25, 0.3) is 0 Å². The molecule has 3 aromatic rings. The van der Waals surface area contributed by atoms with Gasteiger partial charge in [-0.05, 0) is 49.5 Å². The van der Waals surface area contributed by atoms with E-state index in [0.717, 1.165) is 37.6 Å². The van der Waals surface area contributed by atoms with Crippen LogP contribution in [-0.4, -0.2) is 55.2 Å². The number of nitrogens with zero attached hydrogens (tertiary/aromatic N) is 4. The third kappa shape index (κ3) is 4.93. The second kappa shape index (κ2) is 9.19. The molecule has 1 saturated heterocycles. The number of rotatable bonds is 6. The number of halogens is 1. The van der Waals surface area contributed by atoms with Crippen LogP contribution in [0.2, 0.25) is 5.02 Å². The summed E-state index contributed by atoms with van der Waals surface area (Å²) in [6.07, 6.45) is 1.71. The molecular weight excluding hydrogens is 400 g/mol. The van der Waals surface area contributed by atoms with E-state index in [-0.39, 0.29) is 0 Å². The Labute approximate surface area is 181 Å². The first-order chi connectivity index (χ1) is 14.6. The van der Waals surface area contributed by atoms with Crippen LogP contribution in [0.3, 0.4) is 0 Å². The molecule has 0 amide bonds. The summed E-state index contributed by atoms with van der Waals surface area (Å²) in [5.74, 6) is 1.80. The zero-order chi connectivity index (χ0) is 20.9. The molecule has 0 bridgehead atoms. The van der Waals surface area contributed by atoms with E-state index in [1.165, 1.54) is 5.69 Å². The van der Waals surface area contributed by atoms with Crippen LogP contribution in [0.1, 0.15) is 0 Å². The second-order valence-corrected chi connectivity index (χ2v) is 7.61. The van der Waals surface area contributed by atoms with E-state index in [2.05, 4.69) is 61.7 Å². The topological polar surface area (TPSA) is 65.6 Å². The van der Waals surface area contributed by atoms with Gasteiger partial charge in [0.2, 0.25) is 5.95 Å². The van der Waals surface area contributed by atoms with E-state index in [4.69, 9.17) is 16.3 Å². The van der Waals surface area contributed by atoms with Crippen LogP contribution in [0.4, 0.5) is 28.8 Å². The lowest BCUT2D eigenvalue weighted by Gasteiger charge is -2.34. The van der Waals surface area contributed by atoms with Crippen LogP contribution >= 0.6 is 11.6 Å². The Bertz CT molecular complexity index is 989. The van der Waals surface area contributed by atoms with Crippen molar-refractivity contribution < 1.29 is 4.74 Å². The monoisotopic (exact) mass is 424 g/mol. The number of likely N-dealkylation sites (N-methyl/N-ethyl adjacent to an activating group) is 1. The molecule has 156 valence electrons. The highest BCUT2D eigenvalue weighted by Crippen LogP contribution is 2.29. The Morgan fingerprint density at radius 2 is 1.67 bits per heavy atom. The highest BCUT2D eigenvalue weighted by Gasteiger charge is 2.14. The molecule has 0 radical (unpaired) electrons. The highest BCUT2D eigenvalue weighted by molar-refractivity contribution is 6.32. The number of hydrogen-bond donors (Lipinski definition) is 2. The van der Waals surface area contributed by atoms with Gasteiger partial charge in [-0.2, -0.15) is 4.98 Å². The van der Waals surface area contributed by atoms with Crippen molar-refractivity contribution in [2.24, 2.45) is 0 Å². The Morgan fingerprint density at radius 1 is 0.933 bits per heavy atom. The number of aromatic nitrogens is 2. The fourth-order valence-corrected chi connectivity index (χ4v) is 3.52. The first kappa shape index (κ1) is 20.3. The van der Waals surface area contributed by atoms with Crippen LogP contribution in [0.15, 0.2) is 54.7 Å². The minimum absolute atomic E-state index is 0.522. The first-order valence-corrected chi connectivity index (χ1v) is 10.2. The predicted octanol–water partition coefficient (Wildman–Crippen LogP) is 4.38. The SMILES string of the molecule is COc1cc(Nc2ccnc(Nc3ccc(N4CCN(C)CC4)cc3)n2)ccc1Cl. The fourth-order valence-electron chi connectivity index (χ4n) is 3.32. The summed E-state index contributed by atoms with van der Waals surface area (Å²) in [5, 5.41) is 7.07. The number of hydrogen-bond acceptors (Lipinski definition) is 7. The molecular formula is C22H25ClN6O. The fraction of sp³-hybridized carbons (Fsp3) is 0.273. The molecule has 4 rings (SSSR count). The summed E-state index contributed by atoms with van der Waals surface area (Å²) >= 11 is 6.09. The van der Waals surface area contributed by atoms with Gasteiger partial charge in [-0.25, -0.2) is 4.98 Å². The Kier molecular flexibility index (Phi) is 6.21. The minimum Gasteiger partial charge on any atom is -0.495 e. The van der Waals surface area contributed by atoms with Crippen molar-refractivity contribution in [3.05, 3.63) is 59.8 Å². The largest absolute Gasteiger partial charge is 0.495 e. The zero-order valence-corrected chi connectivity index (χ0v) is 17.9. The Balaban J connectivity index is 1.42. The van der Waals surface area contributed by atoms with E-state index < -0.39 is 0 Å². The molecule has 1 aliphatic rings. The summed E-state index contributed by atoms with van der Waals surface area (Å²) < 4.78 is 5.26. The molecule has 1 fully saturated rings. The van der Waals surface area contributed by atoms with E-state index >= 15 is 0 Å². The molecule has 0 aliphatic carbocycles. The summed E-state index contributed by atoms with van der Waals surface area (Å²) in [5.41, 5.74) is 3.01. The number of benzene rings is 2. The Hall–Kier alpha value is -3.03. The molecule has 0 spiro atoms. The molecule has 2 heterocycles. The molecule has 0 saturated carbocycles. The van der Waals surface area contributed by atoms with Crippen molar-refractivity contribution >= 4 is 40.4 Å².